The normalized spacial score (nSPS) is 11.0. The van der Waals surface area contributed by atoms with Crippen molar-refractivity contribution in [1.29, 1.82) is 0 Å². The van der Waals surface area contributed by atoms with Crippen molar-refractivity contribution in [2.24, 2.45) is 5.73 Å². The summed E-state index contributed by atoms with van der Waals surface area (Å²) in [7, 11) is 0. The van der Waals surface area contributed by atoms with E-state index in [1.807, 2.05) is 22.7 Å². The molecular formula is C14H14N4. The Morgan fingerprint density at radius 3 is 2.61 bits per heavy atom. The Kier molecular flexibility index (Phi) is 2.57. The molecule has 0 spiro atoms. The first-order valence-electron chi connectivity index (χ1n) is 5.89. The number of hydrogen-bond donors (Lipinski definition) is 1. The number of aryl methyl sites for hydroxylation is 1. The van der Waals surface area contributed by atoms with Crippen molar-refractivity contribution in [3.63, 3.8) is 0 Å². The zero-order valence-corrected chi connectivity index (χ0v) is 10.2. The topological polar surface area (TPSA) is 56.2 Å². The van der Waals surface area contributed by atoms with Crippen LogP contribution in [0.3, 0.4) is 0 Å². The highest BCUT2D eigenvalue weighted by Gasteiger charge is 2.07. The molecule has 0 amide bonds. The van der Waals surface area contributed by atoms with Gasteiger partial charge in [0.1, 0.15) is 0 Å². The van der Waals surface area contributed by atoms with Crippen molar-refractivity contribution in [1.82, 2.24) is 14.6 Å². The van der Waals surface area contributed by atoms with E-state index in [4.69, 9.17) is 5.73 Å². The minimum absolute atomic E-state index is 0.517. The molecule has 0 radical (unpaired) electrons. The van der Waals surface area contributed by atoms with E-state index in [0.29, 0.717) is 6.54 Å². The summed E-state index contributed by atoms with van der Waals surface area (Å²) >= 11 is 0. The SMILES string of the molecule is Cc1ccc(-c2nnc3cc(CN)ccn23)cc1. The van der Waals surface area contributed by atoms with Gasteiger partial charge in [-0.2, -0.15) is 0 Å². The van der Waals surface area contributed by atoms with Gasteiger partial charge in [-0.15, -0.1) is 10.2 Å². The molecule has 4 nitrogen and oxygen atoms in total. The smallest absolute Gasteiger partial charge is 0.168 e. The number of nitrogens with two attached hydrogens (primary N) is 1. The van der Waals surface area contributed by atoms with Gasteiger partial charge in [0, 0.05) is 18.3 Å². The van der Waals surface area contributed by atoms with Crippen molar-refractivity contribution < 1.29 is 0 Å². The molecule has 2 N–H and O–H groups in total. The quantitative estimate of drug-likeness (QED) is 0.744. The summed E-state index contributed by atoms with van der Waals surface area (Å²) in [5, 5.41) is 8.43. The van der Waals surface area contributed by atoms with Crippen LogP contribution in [0.1, 0.15) is 11.1 Å². The van der Waals surface area contributed by atoms with E-state index in [1.165, 1.54) is 5.56 Å². The Balaban J connectivity index is 2.15. The van der Waals surface area contributed by atoms with Crippen LogP contribution >= 0.6 is 0 Å². The van der Waals surface area contributed by atoms with Gasteiger partial charge in [0.05, 0.1) is 0 Å². The van der Waals surface area contributed by atoms with E-state index in [9.17, 15) is 0 Å². The van der Waals surface area contributed by atoms with Crippen LogP contribution in [0.5, 0.6) is 0 Å². The third kappa shape index (κ3) is 1.76. The third-order valence-corrected chi connectivity index (χ3v) is 3.02. The molecule has 90 valence electrons. The van der Waals surface area contributed by atoms with E-state index in [1.54, 1.807) is 0 Å². The lowest BCUT2D eigenvalue weighted by Gasteiger charge is -2.02. The van der Waals surface area contributed by atoms with E-state index in [-0.39, 0.29) is 0 Å². The fourth-order valence-electron chi connectivity index (χ4n) is 1.96. The Bertz CT molecular complexity index is 683. The van der Waals surface area contributed by atoms with Gasteiger partial charge in [-0.3, -0.25) is 4.40 Å². The zero-order valence-electron chi connectivity index (χ0n) is 10.2. The number of hydrogen-bond acceptors (Lipinski definition) is 3. The zero-order chi connectivity index (χ0) is 12.5. The molecule has 0 unspecified atom stereocenters. The Morgan fingerprint density at radius 2 is 1.89 bits per heavy atom. The monoisotopic (exact) mass is 238 g/mol. The molecule has 18 heavy (non-hydrogen) atoms. The van der Waals surface area contributed by atoms with Crippen LogP contribution in [0, 0.1) is 6.92 Å². The van der Waals surface area contributed by atoms with Crippen LogP contribution in [-0.4, -0.2) is 14.6 Å². The highest BCUT2D eigenvalue weighted by Crippen LogP contribution is 2.19. The summed E-state index contributed by atoms with van der Waals surface area (Å²) in [6.45, 7) is 2.59. The molecule has 3 aromatic rings. The standard InChI is InChI=1S/C14H14N4/c1-10-2-4-12(5-3-10)14-17-16-13-8-11(9-15)6-7-18(13)14/h2-8H,9,15H2,1H3. The maximum Gasteiger partial charge on any atom is 0.168 e. The minimum atomic E-state index is 0.517. The molecule has 0 aliphatic carbocycles. The second-order valence-electron chi connectivity index (χ2n) is 4.36. The second-order valence-corrected chi connectivity index (χ2v) is 4.36. The molecular weight excluding hydrogens is 224 g/mol. The van der Waals surface area contributed by atoms with E-state index < -0.39 is 0 Å². The lowest BCUT2D eigenvalue weighted by molar-refractivity contribution is 1.05. The lowest BCUT2D eigenvalue weighted by atomic mass is 10.1. The molecule has 0 atom stereocenters. The molecule has 0 saturated heterocycles. The number of pyridine rings is 1. The van der Waals surface area contributed by atoms with Crippen molar-refractivity contribution in [3.05, 3.63) is 53.7 Å². The highest BCUT2D eigenvalue weighted by molar-refractivity contribution is 5.60. The van der Waals surface area contributed by atoms with Crippen molar-refractivity contribution in [3.8, 4) is 11.4 Å². The maximum atomic E-state index is 5.62. The Hall–Kier alpha value is -2.20. The average Bonchev–Trinajstić information content (AvgIpc) is 2.82. The number of aromatic nitrogens is 3. The van der Waals surface area contributed by atoms with Crippen molar-refractivity contribution in [2.45, 2.75) is 13.5 Å². The van der Waals surface area contributed by atoms with Gasteiger partial charge in [-0.25, -0.2) is 0 Å². The van der Waals surface area contributed by atoms with Gasteiger partial charge < -0.3 is 5.73 Å². The largest absolute Gasteiger partial charge is 0.326 e. The van der Waals surface area contributed by atoms with E-state index >= 15 is 0 Å². The van der Waals surface area contributed by atoms with E-state index in [2.05, 4.69) is 41.4 Å². The lowest BCUT2D eigenvalue weighted by Crippen LogP contribution is -1.97. The van der Waals surface area contributed by atoms with Crippen molar-refractivity contribution >= 4 is 5.65 Å². The average molecular weight is 238 g/mol. The van der Waals surface area contributed by atoms with Crippen LogP contribution in [0.25, 0.3) is 17.0 Å². The van der Waals surface area contributed by atoms with Gasteiger partial charge in [-0.1, -0.05) is 29.8 Å². The molecule has 0 aliphatic rings. The van der Waals surface area contributed by atoms with Crippen LogP contribution < -0.4 is 5.73 Å². The molecule has 0 bridgehead atoms. The number of fused-ring (bicyclic) bond motifs is 1. The first kappa shape index (κ1) is 10.9. The number of nitrogens with zero attached hydrogens (tertiary/aromatic N) is 3. The van der Waals surface area contributed by atoms with Gasteiger partial charge in [0.15, 0.2) is 11.5 Å². The summed E-state index contributed by atoms with van der Waals surface area (Å²) in [5.74, 6) is 0.855. The molecule has 4 heteroatoms. The third-order valence-electron chi connectivity index (χ3n) is 3.02. The Labute approximate surface area is 105 Å². The predicted octanol–water partition coefficient (Wildman–Crippen LogP) is 2.16. The highest BCUT2D eigenvalue weighted by atomic mass is 15.2. The molecule has 0 aliphatic heterocycles. The summed E-state index contributed by atoms with van der Waals surface area (Å²) in [5.41, 5.74) is 9.80. The fraction of sp³-hybridized carbons (Fsp3) is 0.143. The van der Waals surface area contributed by atoms with Gasteiger partial charge in [0.25, 0.3) is 0 Å². The van der Waals surface area contributed by atoms with Crippen molar-refractivity contribution in [2.75, 3.05) is 0 Å². The number of rotatable bonds is 2. The maximum absolute atomic E-state index is 5.62. The molecule has 2 heterocycles. The van der Waals surface area contributed by atoms with Crippen LogP contribution in [0.4, 0.5) is 0 Å². The predicted molar refractivity (Wildman–Crippen MR) is 71.1 cm³/mol. The summed E-state index contributed by atoms with van der Waals surface area (Å²) in [6.07, 6.45) is 1.96. The fourth-order valence-corrected chi connectivity index (χ4v) is 1.96. The summed E-state index contributed by atoms with van der Waals surface area (Å²) < 4.78 is 1.98. The van der Waals surface area contributed by atoms with Gasteiger partial charge >= 0.3 is 0 Å². The van der Waals surface area contributed by atoms with Crippen LogP contribution in [0.15, 0.2) is 42.6 Å². The second kappa shape index (κ2) is 4.23. The molecule has 0 fully saturated rings. The Morgan fingerprint density at radius 1 is 1.11 bits per heavy atom. The van der Waals surface area contributed by atoms with Gasteiger partial charge in [-0.05, 0) is 24.6 Å². The van der Waals surface area contributed by atoms with Crippen LogP contribution in [-0.2, 0) is 6.54 Å². The van der Waals surface area contributed by atoms with Gasteiger partial charge in [0.2, 0.25) is 0 Å². The molecule has 1 aromatic carbocycles. The first-order chi connectivity index (χ1) is 8.78. The minimum Gasteiger partial charge on any atom is -0.326 e. The number of benzene rings is 1. The van der Waals surface area contributed by atoms with E-state index in [0.717, 1.165) is 22.6 Å². The molecule has 2 aromatic heterocycles. The van der Waals surface area contributed by atoms with Crippen LogP contribution in [0.2, 0.25) is 0 Å². The molecule has 3 rings (SSSR count). The summed E-state index contributed by atoms with van der Waals surface area (Å²) in [4.78, 5) is 0. The molecule has 0 saturated carbocycles. The summed E-state index contributed by atoms with van der Waals surface area (Å²) in [6, 6.07) is 12.2. The first-order valence-corrected chi connectivity index (χ1v) is 5.89.